The highest BCUT2D eigenvalue weighted by Crippen LogP contribution is 2.37. The molecule has 8 nitrogen and oxygen atoms in total. The van der Waals surface area contributed by atoms with Crippen LogP contribution in [-0.4, -0.2) is 80.4 Å². The summed E-state index contributed by atoms with van der Waals surface area (Å²) in [6.45, 7) is 10.6. The van der Waals surface area contributed by atoms with Gasteiger partial charge in [-0.15, -0.1) is 0 Å². The molecule has 43 heavy (non-hydrogen) atoms. The number of fused-ring (bicyclic) bond motifs is 2. The van der Waals surface area contributed by atoms with Crippen LogP contribution in [0.4, 0.5) is 22.7 Å². The van der Waals surface area contributed by atoms with Gasteiger partial charge in [0.15, 0.2) is 0 Å². The van der Waals surface area contributed by atoms with Crippen molar-refractivity contribution < 1.29 is 0 Å². The fraction of sp³-hybridized carbons (Fsp3) is 0.394. The molecule has 4 aliphatic heterocycles. The monoisotopic (exact) mass is 706 g/mol. The molecule has 7 rings (SSSR count). The molecule has 0 amide bonds. The van der Waals surface area contributed by atoms with E-state index in [4.69, 9.17) is 4.99 Å². The zero-order chi connectivity index (χ0) is 29.6. The molecule has 226 valence electrons. The van der Waals surface area contributed by atoms with Crippen LogP contribution in [0.3, 0.4) is 0 Å². The fourth-order valence-corrected chi connectivity index (χ4v) is 6.77. The van der Waals surface area contributed by atoms with E-state index in [2.05, 4.69) is 141 Å². The van der Waals surface area contributed by atoms with Gasteiger partial charge in [0.1, 0.15) is 5.84 Å². The van der Waals surface area contributed by atoms with Gasteiger partial charge < -0.3 is 25.9 Å². The van der Waals surface area contributed by atoms with E-state index in [0.717, 1.165) is 91.2 Å². The fourth-order valence-electron chi connectivity index (χ4n) is 6.07. The van der Waals surface area contributed by atoms with Gasteiger partial charge in [-0.2, -0.15) is 0 Å². The Kier molecular flexibility index (Phi) is 10.1. The van der Waals surface area contributed by atoms with E-state index in [0.29, 0.717) is 6.04 Å². The molecule has 4 heterocycles. The minimum absolute atomic E-state index is 0.238. The number of halogens is 2. The third-order valence-electron chi connectivity index (χ3n) is 8.29. The Bertz CT molecular complexity index is 1430. The van der Waals surface area contributed by atoms with Crippen LogP contribution < -0.4 is 21.0 Å². The van der Waals surface area contributed by atoms with Crippen LogP contribution in [0.25, 0.3) is 0 Å². The van der Waals surface area contributed by atoms with Gasteiger partial charge in [-0.3, -0.25) is 4.99 Å². The summed E-state index contributed by atoms with van der Waals surface area (Å²) >= 11 is 7.10. The number of anilines is 2. The average Bonchev–Trinajstić information content (AvgIpc) is 3.33. The van der Waals surface area contributed by atoms with Crippen LogP contribution in [-0.2, 0) is 0 Å². The van der Waals surface area contributed by atoms with Crippen molar-refractivity contribution in [2.75, 3.05) is 62.7 Å². The molecule has 10 heteroatoms. The molecule has 2 atom stereocenters. The molecular formula is C33H40Br2N8. The molecule has 2 unspecified atom stereocenters. The standard InChI is InChI=1S/C19H21BrN4.C14H19BrN4/c20-15-6-7-16-18(12-15)23-19(24-10-8-21-9-11-24)13-17(22-16)14-4-2-1-3-5-14;1-11-4-5-17-13-10-12(15)2-3-14(13)19(11)18-8-6-16-7-9-18/h1-7,12,17,21-22H,8-11,13H2;2-3,5,10-11,16H,4,6-9H2,1H3. The van der Waals surface area contributed by atoms with Gasteiger partial charge in [0.25, 0.3) is 0 Å². The molecule has 4 aliphatic rings. The first-order valence-corrected chi connectivity index (χ1v) is 16.8. The van der Waals surface area contributed by atoms with Crippen molar-refractivity contribution in [2.24, 2.45) is 9.98 Å². The third-order valence-corrected chi connectivity index (χ3v) is 9.27. The van der Waals surface area contributed by atoms with E-state index in [1.807, 2.05) is 6.21 Å². The molecule has 3 N–H and O–H groups in total. The van der Waals surface area contributed by atoms with Crippen LogP contribution in [0.1, 0.15) is 31.4 Å². The zero-order valence-electron chi connectivity index (χ0n) is 24.6. The minimum atomic E-state index is 0.238. The first-order chi connectivity index (χ1) is 21.0. The average molecular weight is 709 g/mol. The van der Waals surface area contributed by atoms with Crippen LogP contribution in [0.5, 0.6) is 0 Å². The lowest BCUT2D eigenvalue weighted by molar-refractivity contribution is 0.203. The number of amidine groups is 1. The number of piperazine rings is 2. The maximum absolute atomic E-state index is 5.02. The summed E-state index contributed by atoms with van der Waals surface area (Å²) in [4.78, 5) is 12.0. The number of hydrazine groups is 1. The molecular weight excluding hydrogens is 668 g/mol. The second-order valence-electron chi connectivity index (χ2n) is 11.3. The summed E-state index contributed by atoms with van der Waals surface area (Å²) < 4.78 is 2.14. The van der Waals surface area contributed by atoms with Crippen LogP contribution in [0.15, 0.2) is 85.7 Å². The number of hydrogen-bond acceptors (Lipinski definition) is 8. The molecule has 0 saturated carbocycles. The van der Waals surface area contributed by atoms with Gasteiger partial charge in [0, 0.05) is 86.4 Å². The normalized spacial score (nSPS) is 22.2. The molecule has 0 aliphatic carbocycles. The van der Waals surface area contributed by atoms with Gasteiger partial charge in [-0.1, -0.05) is 62.2 Å². The van der Waals surface area contributed by atoms with Gasteiger partial charge in [-0.05, 0) is 48.9 Å². The zero-order valence-corrected chi connectivity index (χ0v) is 27.8. The summed E-state index contributed by atoms with van der Waals surface area (Å²) in [5, 5.41) is 15.4. The van der Waals surface area contributed by atoms with Crippen molar-refractivity contribution >= 4 is 66.7 Å². The molecule has 3 aromatic rings. The Hall–Kier alpha value is -2.76. The Morgan fingerprint density at radius 3 is 2.21 bits per heavy atom. The van der Waals surface area contributed by atoms with E-state index in [-0.39, 0.29) is 6.04 Å². The number of nitrogens with zero attached hydrogens (tertiary/aromatic N) is 5. The predicted molar refractivity (Wildman–Crippen MR) is 186 cm³/mol. The summed E-state index contributed by atoms with van der Waals surface area (Å²) in [5.41, 5.74) is 5.67. The van der Waals surface area contributed by atoms with Crippen molar-refractivity contribution in [2.45, 2.75) is 31.8 Å². The Morgan fingerprint density at radius 1 is 0.791 bits per heavy atom. The maximum Gasteiger partial charge on any atom is 0.107 e. The SMILES string of the molecule is Brc1ccc2c(c1)N=C(N1CCNCC1)CC(c1ccccc1)N2.CC1CC=Nc2cc(Br)ccc2N1N1CCNCC1. The second kappa shape index (κ2) is 14.3. The van der Waals surface area contributed by atoms with E-state index in [1.165, 1.54) is 17.1 Å². The Morgan fingerprint density at radius 2 is 1.47 bits per heavy atom. The van der Waals surface area contributed by atoms with Crippen molar-refractivity contribution in [3.05, 3.63) is 81.2 Å². The van der Waals surface area contributed by atoms with Crippen LogP contribution in [0.2, 0.25) is 0 Å². The molecule has 0 bridgehead atoms. The van der Waals surface area contributed by atoms with Crippen LogP contribution in [0, 0.1) is 0 Å². The first kappa shape index (κ1) is 30.3. The van der Waals surface area contributed by atoms with E-state index >= 15 is 0 Å². The minimum Gasteiger partial charge on any atom is -0.376 e. The lowest BCUT2D eigenvalue weighted by atomic mass is 10.0. The smallest absolute Gasteiger partial charge is 0.107 e. The lowest BCUT2D eigenvalue weighted by Gasteiger charge is -2.42. The van der Waals surface area contributed by atoms with Crippen molar-refractivity contribution in [3.63, 3.8) is 0 Å². The summed E-state index contributed by atoms with van der Waals surface area (Å²) in [6.07, 6.45) is 3.92. The Labute approximate surface area is 271 Å². The molecule has 2 saturated heterocycles. The van der Waals surface area contributed by atoms with E-state index < -0.39 is 0 Å². The number of aliphatic imine (C=N–C) groups is 2. The highest BCUT2D eigenvalue weighted by atomic mass is 79.9. The molecule has 0 radical (unpaired) electrons. The first-order valence-electron chi connectivity index (χ1n) is 15.3. The third kappa shape index (κ3) is 7.49. The predicted octanol–water partition coefficient (Wildman–Crippen LogP) is 6.51. The highest BCUT2D eigenvalue weighted by molar-refractivity contribution is 9.10. The Balaban J connectivity index is 0.000000157. The van der Waals surface area contributed by atoms with Crippen LogP contribution >= 0.6 is 31.9 Å². The quantitative estimate of drug-likeness (QED) is 0.282. The van der Waals surface area contributed by atoms with E-state index in [1.54, 1.807) is 0 Å². The maximum atomic E-state index is 5.02. The van der Waals surface area contributed by atoms with Gasteiger partial charge in [0.2, 0.25) is 0 Å². The number of nitrogens with one attached hydrogen (secondary N) is 3. The van der Waals surface area contributed by atoms with Crippen molar-refractivity contribution in [3.8, 4) is 0 Å². The largest absolute Gasteiger partial charge is 0.376 e. The number of hydrogen-bond donors (Lipinski definition) is 3. The van der Waals surface area contributed by atoms with Gasteiger partial charge >= 0.3 is 0 Å². The van der Waals surface area contributed by atoms with Crippen molar-refractivity contribution in [1.82, 2.24) is 20.5 Å². The summed E-state index contributed by atoms with van der Waals surface area (Å²) in [7, 11) is 0. The van der Waals surface area contributed by atoms with Gasteiger partial charge in [0.05, 0.1) is 28.8 Å². The molecule has 0 spiro atoms. The molecule has 3 aromatic carbocycles. The number of benzene rings is 3. The highest BCUT2D eigenvalue weighted by Gasteiger charge is 2.27. The van der Waals surface area contributed by atoms with E-state index in [9.17, 15) is 0 Å². The topological polar surface area (TPSA) is 70.5 Å². The number of rotatable bonds is 2. The second-order valence-corrected chi connectivity index (χ2v) is 13.1. The van der Waals surface area contributed by atoms with Crippen molar-refractivity contribution in [1.29, 1.82) is 0 Å². The van der Waals surface area contributed by atoms with Gasteiger partial charge in [-0.25, -0.2) is 10.0 Å². The molecule has 0 aromatic heterocycles. The molecule has 2 fully saturated rings. The summed E-state index contributed by atoms with van der Waals surface area (Å²) in [5.74, 6) is 1.18. The lowest BCUT2D eigenvalue weighted by Crippen LogP contribution is -2.55. The summed E-state index contributed by atoms with van der Waals surface area (Å²) in [6, 6.07) is 24.0.